The van der Waals surface area contributed by atoms with Crippen LogP contribution in [0, 0.1) is 27.7 Å². The molecule has 156 valence electrons. The molecule has 4 rings (SSSR count). The maximum atomic E-state index is 12.8. The summed E-state index contributed by atoms with van der Waals surface area (Å²) in [6.45, 7) is 8.53. The normalized spacial score (nSPS) is 11.0. The molecule has 0 saturated carbocycles. The Labute approximate surface area is 182 Å². The Balaban J connectivity index is 1.48. The molecule has 1 aromatic carbocycles. The minimum Gasteiger partial charge on any atom is -0.348 e. The van der Waals surface area contributed by atoms with Crippen molar-refractivity contribution in [2.45, 2.75) is 40.7 Å². The van der Waals surface area contributed by atoms with Crippen LogP contribution in [0.4, 0.5) is 0 Å². The van der Waals surface area contributed by atoms with E-state index in [9.17, 15) is 4.79 Å². The summed E-state index contributed by atoms with van der Waals surface area (Å²) in [7, 11) is 0. The van der Waals surface area contributed by atoms with Crippen molar-refractivity contribution in [2.24, 2.45) is 0 Å². The molecular formula is C26H26N4O. The third-order valence-corrected chi connectivity index (χ3v) is 5.47. The Hall–Kier alpha value is -3.60. The number of rotatable bonds is 5. The van der Waals surface area contributed by atoms with E-state index in [4.69, 9.17) is 0 Å². The van der Waals surface area contributed by atoms with Gasteiger partial charge in [-0.3, -0.25) is 19.7 Å². The first-order valence-electron chi connectivity index (χ1n) is 10.4. The van der Waals surface area contributed by atoms with Gasteiger partial charge in [-0.15, -0.1) is 0 Å². The average Bonchev–Trinajstić information content (AvgIpc) is 2.72. The first-order valence-corrected chi connectivity index (χ1v) is 10.4. The highest BCUT2D eigenvalue weighted by molar-refractivity contribution is 5.94. The molecular weight excluding hydrogens is 384 g/mol. The van der Waals surface area contributed by atoms with Crippen LogP contribution in [0.25, 0.3) is 10.9 Å². The zero-order valence-electron chi connectivity index (χ0n) is 18.4. The van der Waals surface area contributed by atoms with E-state index in [-0.39, 0.29) is 5.91 Å². The molecule has 0 radical (unpaired) electrons. The molecule has 3 heterocycles. The van der Waals surface area contributed by atoms with Gasteiger partial charge in [-0.2, -0.15) is 0 Å². The van der Waals surface area contributed by atoms with E-state index in [0.717, 1.165) is 44.7 Å². The number of aryl methyl sites for hydroxylation is 4. The van der Waals surface area contributed by atoms with Gasteiger partial charge in [0.15, 0.2) is 0 Å². The number of benzene rings is 1. The first-order chi connectivity index (χ1) is 14.9. The van der Waals surface area contributed by atoms with Gasteiger partial charge in [0.2, 0.25) is 0 Å². The molecule has 0 bridgehead atoms. The zero-order valence-corrected chi connectivity index (χ0v) is 18.4. The second-order valence-corrected chi connectivity index (χ2v) is 8.08. The van der Waals surface area contributed by atoms with Crippen LogP contribution < -0.4 is 5.32 Å². The van der Waals surface area contributed by atoms with E-state index in [1.165, 1.54) is 5.56 Å². The Bertz CT molecular complexity index is 1260. The van der Waals surface area contributed by atoms with Crippen molar-refractivity contribution in [3.05, 3.63) is 99.8 Å². The lowest BCUT2D eigenvalue weighted by Gasteiger charge is -2.12. The SMILES string of the molecule is Cc1ccc2ncc(Cc3cc(C(=O)NCc4c(C)cc(C)nc4C)ccn3)cc2c1. The smallest absolute Gasteiger partial charge is 0.251 e. The Morgan fingerprint density at radius 3 is 2.61 bits per heavy atom. The second-order valence-electron chi connectivity index (χ2n) is 8.08. The largest absolute Gasteiger partial charge is 0.348 e. The minimum atomic E-state index is -0.115. The molecule has 5 heteroatoms. The highest BCUT2D eigenvalue weighted by Crippen LogP contribution is 2.18. The van der Waals surface area contributed by atoms with E-state index in [0.29, 0.717) is 18.5 Å². The summed E-state index contributed by atoms with van der Waals surface area (Å²) in [5.41, 5.74) is 8.83. The van der Waals surface area contributed by atoms with Gasteiger partial charge in [-0.1, -0.05) is 11.6 Å². The molecule has 1 amide bonds. The van der Waals surface area contributed by atoms with Crippen LogP contribution in [0.5, 0.6) is 0 Å². The summed E-state index contributed by atoms with van der Waals surface area (Å²) in [5, 5.41) is 4.13. The molecule has 0 aliphatic heterocycles. The number of carbonyl (C=O) groups is 1. The molecule has 0 spiro atoms. The van der Waals surface area contributed by atoms with Gasteiger partial charge in [0.1, 0.15) is 0 Å². The number of nitrogens with zero attached hydrogens (tertiary/aromatic N) is 3. The summed E-state index contributed by atoms with van der Waals surface area (Å²) in [6, 6.07) is 14.0. The predicted molar refractivity (Wildman–Crippen MR) is 123 cm³/mol. The number of pyridine rings is 3. The number of nitrogens with one attached hydrogen (secondary N) is 1. The van der Waals surface area contributed by atoms with Crippen molar-refractivity contribution in [3.63, 3.8) is 0 Å². The van der Waals surface area contributed by atoms with E-state index in [2.05, 4.69) is 45.4 Å². The maximum Gasteiger partial charge on any atom is 0.251 e. The fourth-order valence-corrected chi connectivity index (χ4v) is 3.91. The van der Waals surface area contributed by atoms with E-state index in [1.807, 2.05) is 45.2 Å². The van der Waals surface area contributed by atoms with Crippen LogP contribution in [-0.4, -0.2) is 20.9 Å². The molecule has 4 aromatic rings. The van der Waals surface area contributed by atoms with Gasteiger partial charge >= 0.3 is 0 Å². The van der Waals surface area contributed by atoms with Gasteiger partial charge in [0, 0.05) is 53.4 Å². The van der Waals surface area contributed by atoms with Crippen LogP contribution in [-0.2, 0) is 13.0 Å². The molecule has 5 nitrogen and oxygen atoms in total. The molecule has 3 aromatic heterocycles. The maximum absolute atomic E-state index is 12.8. The fraction of sp³-hybridized carbons (Fsp3) is 0.231. The van der Waals surface area contributed by atoms with Gasteiger partial charge < -0.3 is 5.32 Å². The molecule has 0 saturated heterocycles. The Kier molecular flexibility index (Phi) is 5.76. The van der Waals surface area contributed by atoms with Gasteiger partial charge in [0.05, 0.1) is 5.52 Å². The van der Waals surface area contributed by atoms with E-state index < -0.39 is 0 Å². The van der Waals surface area contributed by atoms with Crippen molar-refractivity contribution in [3.8, 4) is 0 Å². The standard InChI is InChI=1S/C26H26N4O/c1-16-5-6-25-22(9-16)11-20(14-28-25)12-23-13-21(7-8-27-23)26(31)29-15-24-17(2)10-18(3)30-19(24)4/h5-11,13-14H,12,15H2,1-4H3,(H,29,31). The Morgan fingerprint density at radius 2 is 1.81 bits per heavy atom. The van der Waals surface area contributed by atoms with Crippen LogP contribution in [0.3, 0.4) is 0 Å². The lowest BCUT2D eigenvalue weighted by atomic mass is 10.1. The lowest BCUT2D eigenvalue weighted by molar-refractivity contribution is 0.0950. The van der Waals surface area contributed by atoms with Crippen molar-refractivity contribution >= 4 is 16.8 Å². The van der Waals surface area contributed by atoms with Crippen LogP contribution >= 0.6 is 0 Å². The topological polar surface area (TPSA) is 67.8 Å². The number of carbonyl (C=O) groups excluding carboxylic acids is 1. The molecule has 0 fully saturated rings. The first kappa shape index (κ1) is 20.7. The van der Waals surface area contributed by atoms with Gasteiger partial charge in [-0.25, -0.2) is 0 Å². The second kappa shape index (κ2) is 8.64. The molecule has 0 atom stereocenters. The summed E-state index contributed by atoms with van der Waals surface area (Å²) < 4.78 is 0. The summed E-state index contributed by atoms with van der Waals surface area (Å²) >= 11 is 0. The number of fused-ring (bicyclic) bond motifs is 1. The highest BCUT2D eigenvalue weighted by Gasteiger charge is 2.11. The number of amides is 1. The quantitative estimate of drug-likeness (QED) is 0.514. The predicted octanol–water partition coefficient (Wildman–Crippen LogP) is 4.78. The van der Waals surface area contributed by atoms with Crippen molar-refractivity contribution in [1.82, 2.24) is 20.3 Å². The summed E-state index contributed by atoms with van der Waals surface area (Å²) in [5.74, 6) is -0.115. The highest BCUT2D eigenvalue weighted by atomic mass is 16.1. The van der Waals surface area contributed by atoms with Crippen LogP contribution in [0.1, 0.15) is 49.7 Å². The third kappa shape index (κ3) is 4.77. The number of hydrogen-bond donors (Lipinski definition) is 1. The molecule has 0 aliphatic carbocycles. The number of hydrogen-bond acceptors (Lipinski definition) is 4. The van der Waals surface area contributed by atoms with E-state index in [1.54, 1.807) is 12.3 Å². The molecule has 0 unspecified atom stereocenters. The molecule has 0 aliphatic rings. The zero-order chi connectivity index (χ0) is 22.0. The van der Waals surface area contributed by atoms with Crippen molar-refractivity contribution in [2.75, 3.05) is 0 Å². The Morgan fingerprint density at radius 1 is 0.968 bits per heavy atom. The van der Waals surface area contributed by atoms with Gasteiger partial charge in [0.25, 0.3) is 5.91 Å². The summed E-state index contributed by atoms with van der Waals surface area (Å²) in [4.78, 5) is 26.3. The monoisotopic (exact) mass is 410 g/mol. The van der Waals surface area contributed by atoms with Crippen LogP contribution in [0.15, 0.2) is 54.9 Å². The van der Waals surface area contributed by atoms with Crippen LogP contribution in [0.2, 0.25) is 0 Å². The molecule has 31 heavy (non-hydrogen) atoms. The summed E-state index contributed by atoms with van der Waals surface area (Å²) in [6.07, 6.45) is 4.19. The fourth-order valence-electron chi connectivity index (χ4n) is 3.91. The van der Waals surface area contributed by atoms with Crippen molar-refractivity contribution < 1.29 is 4.79 Å². The number of aromatic nitrogens is 3. The average molecular weight is 411 g/mol. The third-order valence-electron chi connectivity index (χ3n) is 5.47. The molecule has 1 N–H and O–H groups in total. The van der Waals surface area contributed by atoms with Gasteiger partial charge in [-0.05, 0) is 80.8 Å². The van der Waals surface area contributed by atoms with E-state index >= 15 is 0 Å². The lowest BCUT2D eigenvalue weighted by Crippen LogP contribution is -2.24. The van der Waals surface area contributed by atoms with Crippen molar-refractivity contribution in [1.29, 1.82) is 0 Å². The minimum absolute atomic E-state index is 0.115.